The number of hydrogen-bond acceptors (Lipinski definition) is 2. The quantitative estimate of drug-likeness (QED) is 0.678. The Bertz CT molecular complexity index is 813. The van der Waals surface area contributed by atoms with E-state index in [9.17, 15) is 4.39 Å². The molecular weight excluding hydrogens is 299 g/mol. The summed E-state index contributed by atoms with van der Waals surface area (Å²) in [7, 11) is 0. The van der Waals surface area contributed by atoms with E-state index in [1.54, 1.807) is 12.1 Å². The third-order valence-electron chi connectivity index (χ3n) is 3.50. The minimum Gasteiger partial charge on any atom is -0.355 e. The molecule has 2 nitrogen and oxygen atoms in total. The van der Waals surface area contributed by atoms with Crippen LogP contribution in [0.3, 0.4) is 0 Å². The van der Waals surface area contributed by atoms with Crippen LogP contribution in [-0.2, 0) is 0 Å². The first-order valence-corrected chi connectivity index (χ1v) is 6.94. The molecule has 0 aliphatic carbocycles. The first kappa shape index (κ1) is 16.2. The van der Waals surface area contributed by atoms with Gasteiger partial charge in [-0.3, -0.25) is 4.98 Å². The lowest BCUT2D eigenvalue weighted by Crippen LogP contribution is -1.96. The van der Waals surface area contributed by atoms with Crippen LogP contribution in [0.25, 0.3) is 10.9 Å². The molecule has 1 N–H and O–H groups in total. The number of benzene rings is 2. The largest absolute Gasteiger partial charge is 0.355 e. The van der Waals surface area contributed by atoms with Gasteiger partial charge in [-0.05, 0) is 62.7 Å². The molecule has 0 saturated carbocycles. The summed E-state index contributed by atoms with van der Waals surface area (Å²) < 4.78 is 13.0. The average molecular weight is 317 g/mol. The van der Waals surface area contributed by atoms with Gasteiger partial charge in [0.25, 0.3) is 0 Å². The average Bonchev–Trinajstić information content (AvgIpc) is 2.43. The lowest BCUT2D eigenvalue weighted by Gasteiger charge is -2.13. The highest BCUT2D eigenvalue weighted by molar-refractivity contribution is 5.95. The van der Waals surface area contributed by atoms with Crippen LogP contribution in [-0.4, -0.2) is 4.98 Å². The molecule has 0 radical (unpaired) electrons. The van der Waals surface area contributed by atoms with Gasteiger partial charge in [0, 0.05) is 22.5 Å². The van der Waals surface area contributed by atoms with E-state index in [-0.39, 0.29) is 18.2 Å². The zero-order valence-electron chi connectivity index (χ0n) is 12.8. The molecule has 0 bridgehead atoms. The fraction of sp³-hybridized carbons (Fsp3) is 0.167. The summed E-state index contributed by atoms with van der Waals surface area (Å²) in [4.78, 5) is 4.63. The number of pyridine rings is 1. The molecule has 0 aliphatic rings. The lowest BCUT2D eigenvalue weighted by atomic mass is 10.0. The lowest BCUT2D eigenvalue weighted by molar-refractivity contribution is 0.628. The summed E-state index contributed by atoms with van der Waals surface area (Å²) in [5, 5.41) is 4.45. The maximum atomic E-state index is 13.0. The normalized spacial score (nSPS) is 10.4. The van der Waals surface area contributed by atoms with Crippen molar-refractivity contribution in [3.63, 3.8) is 0 Å². The molecule has 0 unspecified atom stereocenters. The van der Waals surface area contributed by atoms with Crippen LogP contribution in [0.1, 0.15) is 16.8 Å². The second-order valence-corrected chi connectivity index (χ2v) is 5.42. The molecule has 0 fully saturated rings. The molecule has 22 heavy (non-hydrogen) atoms. The van der Waals surface area contributed by atoms with Crippen molar-refractivity contribution in [1.82, 2.24) is 4.98 Å². The van der Waals surface area contributed by atoms with E-state index in [1.807, 2.05) is 13.0 Å². The Morgan fingerprint density at radius 2 is 1.64 bits per heavy atom. The number of halogens is 2. The second-order valence-electron chi connectivity index (χ2n) is 5.42. The molecule has 1 aromatic heterocycles. The fourth-order valence-corrected chi connectivity index (χ4v) is 2.60. The van der Waals surface area contributed by atoms with Crippen LogP contribution < -0.4 is 5.32 Å². The van der Waals surface area contributed by atoms with Gasteiger partial charge in [-0.2, -0.15) is 0 Å². The molecule has 4 heteroatoms. The van der Waals surface area contributed by atoms with Crippen LogP contribution in [0.15, 0.2) is 42.5 Å². The third-order valence-corrected chi connectivity index (χ3v) is 3.50. The highest BCUT2D eigenvalue weighted by atomic mass is 35.5. The van der Waals surface area contributed by atoms with E-state index in [4.69, 9.17) is 0 Å². The monoisotopic (exact) mass is 316 g/mol. The highest BCUT2D eigenvalue weighted by Crippen LogP contribution is 2.29. The number of anilines is 2. The SMILES string of the molecule is Cc1cc(C)c2nc(C)cc(Nc3ccc(F)cc3)c2c1.Cl. The Morgan fingerprint density at radius 3 is 2.32 bits per heavy atom. The molecule has 0 atom stereocenters. The first-order chi connectivity index (χ1) is 10.0. The van der Waals surface area contributed by atoms with Gasteiger partial charge in [0.1, 0.15) is 5.82 Å². The van der Waals surface area contributed by atoms with Gasteiger partial charge in [-0.1, -0.05) is 11.6 Å². The predicted octanol–water partition coefficient (Wildman–Crippen LogP) is 5.46. The first-order valence-electron chi connectivity index (χ1n) is 6.94. The van der Waals surface area contributed by atoms with Crippen molar-refractivity contribution in [3.8, 4) is 0 Å². The maximum Gasteiger partial charge on any atom is 0.123 e. The zero-order valence-corrected chi connectivity index (χ0v) is 13.6. The molecule has 0 spiro atoms. The number of aryl methyl sites for hydroxylation is 3. The number of nitrogens with one attached hydrogen (secondary N) is 1. The van der Waals surface area contributed by atoms with Crippen LogP contribution in [0.4, 0.5) is 15.8 Å². The molecule has 114 valence electrons. The number of hydrogen-bond donors (Lipinski definition) is 1. The van der Waals surface area contributed by atoms with Crippen LogP contribution >= 0.6 is 12.4 Å². The Kier molecular flexibility index (Phi) is 4.67. The molecule has 3 aromatic rings. The summed E-state index contributed by atoms with van der Waals surface area (Å²) >= 11 is 0. The van der Waals surface area contributed by atoms with E-state index < -0.39 is 0 Å². The van der Waals surface area contributed by atoms with Gasteiger partial charge in [0.05, 0.1) is 5.52 Å². The van der Waals surface area contributed by atoms with Gasteiger partial charge >= 0.3 is 0 Å². The second kappa shape index (κ2) is 6.32. The minimum absolute atomic E-state index is 0. The number of nitrogens with zero attached hydrogens (tertiary/aromatic N) is 1. The van der Waals surface area contributed by atoms with Gasteiger partial charge in [0.15, 0.2) is 0 Å². The van der Waals surface area contributed by atoms with E-state index in [2.05, 4.69) is 36.3 Å². The summed E-state index contributed by atoms with van der Waals surface area (Å²) in [6, 6.07) is 12.7. The minimum atomic E-state index is -0.233. The Morgan fingerprint density at radius 1 is 0.955 bits per heavy atom. The standard InChI is InChI=1S/C18H17FN2.ClH/c1-11-8-12(2)18-16(9-11)17(10-13(3)20-18)21-15-6-4-14(19)5-7-15;/h4-10H,1-3H3,(H,20,21);1H. The molecular formula is C18H18ClFN2. The summed E-state index contributed by atoms with van der Waals surface area (Å²) in [6.07, 6.45) is 0. The Balaban J connectivity index is 0.00000176. The smallest absolute Gasteiger partial charge is 0.123 e. The van der Waals surface area contributed by atoms with Gasteiger partial charge in [-0.25, -0.2) is 4.39 Å². The van der Waals surface area contributed by atoms with Crippen molar-refractivity contribution in [2.75, 3.05) is 5.32 Å². The summed E-state index contributed by atoms with van der Waals surface area (Å²) in [5.41, 5.74) is 6.19. The molecule has 0 saturated heterocycles. The molecule has 0 aliphatic heterocycles. The fourth-order valence-electron chi connectivity index (χ4n) is 2.60. The molecule has 3 rings (SSSR count). The van der Waals surface area contributed by atoms with E-state index >= 15 is 0 Å². The number of rotatable bonds is 2. The summed E-state index contributed by atoms with van der Waals surface area (Å²) in [6.45, 7) is 6.13. The van der Waals surface area contributed by atoms with Crippen molar-refractivity contribution in [2.24, 2.45) is 0 Å². The van der Waals surface area contributed by atoms with E-state index in [0.717, 1.165) is 33.5 Å². The van der Waals surface area contributed by atoms with Crippen molar-refractivity contribution in [1.29, 1.82) is 0 Å². The number of fused-ring (bicyclic) bond motifs is 1. The highest BCUT2D eigenvalue weighted by Gasteiger charge is 2.08. The van der Waals surface area contributed by atoms with E-state index in [0.29, 0.717) is 0 Å². The van der Waals surface area contributed by atoms with Gasteiger partial charge in [-0.15, -0.1) is 12.4 Å². The molecule has 1 heterocycles. The third kappa shape index (κ3) is 3.20. The van der Waals surface area contributed by atoms with E-state index in [1.165, 1.54) is 17.7 Å². The van der Waals surface area contributed by atoms with Crippen LogP contribution in [0.2, 0.25) is 0 Å². The summed E-state index contributed by atoms with van der Waals surface area (Å²) in [5.74, 6) is -0.233. The molecule has 2 aromatic carbocycles. The maximum absolute atomic E-state index is 13.0. The predicted molar refractivity (Wildman–Crippen MR) is 92.9 cm³/mol. The van der Waals surface area contributed by atoms with Crippen molar-refractivity contribution in [2.45, 2.75) is 20.8 Å². The Hall–Kier alpha value is -2.13. The zero-order chi connectivity index (χ0) is 15.0. The topological polar surface area (TPSA) is 24.9 Å². The van der Waals surface area contributed by atoms with Crippen molar-refractivity contribution in [3.05, 3.63) is 65.1 Å². The number of aromatic nitrogens is 1. The van der Waals surface area contributed by atoms with Crippen molar-refractivity contribution >= 4 is 34.7 Å². The van der Waals surface area contributed by atoms with Gasteiger partial charge in [0.2, 0.25) is 0 Å². The van der Waals surface area contributed by atoms with Gasteiger partial charge < -0.3 is 5.32 Å². The van der Waals surface area contributed by atoms with Crippen LogP contribution in [0, 0.1) is 26.6 Å². The Labute approximate surface area is 135 Å². The van der Waals surface area contributed by atoms with Crippen molar-refractivity contribution < 1.29 is 4.39 Å². The molecule has 0 amide bonds. The van der Waals surface area contributed by atoms with Crippen LogP contribution in [0.5, 0.6) is 0 Å².